The van der Waals surface area contributed by atoms with Crippen LogP contribution in [0.15, 0.2) is 72.9 Å². The summed E-state index contributed by atoms with van der Waals surface area (Å²) in [6.45, 7) is 5.54. The molecular weight excluding hydrogens is 467 g/mol. The van der Waals surface area contributed by atoms with Crippen molar-refractivity contribution in [2.75, 3.05) is 20.8 Å². The lowest BCUT2D eigenvalue weighted by atomic mass is 9.87. The number of carbonyl (C=O) groups excluding carboxylic acids is 1. The van der Waals surface area contributed by atoms with E-state index < -0.39 is 0 Å². The number of hydrogen-bond acceptors (Lipinski definition) is 3. The van der Waals surface area contributed by atoms with Gasteiger partial charge in [-0.25, -0.2) is 4.39 Å². The standard InChI is InChI=1S/C31H35FN2O3/c1-21(2)13-14-33-31(35)18-28(23-15-25(36-3)17-26(16-23)37-4)29-20-34(30-8-6-5-7-27(29)30)19-22-9-11-24(32)12-10-22/h5-12,15-17,20-21,28H,13-14,18-19H2,1-4H3,(H,33,35)/t28-/m1/s1. The molecule has 0 aliphatic carbocycles. The fraction of sp³-hybridized carbons (Fsp3) is 0.323. The van der Waals surface area contributed by atoms with Crippen LogP contribution in [0, 0.1) is 11.7 Å². The second-order valence-corrected chi connectivity index (χ2v) is 9.79. The van der Waals surface area contributed by atoms with Crippen molar-refractivity contribution in [2.45, 2.75) is 39.2 Å². The van der Waals surface area contributed by atoms with Crippen LogP contribution in [-0.2, 0) is 11.3 Å². The van der Waals surface area contributed by atoms with E-state index in [1.807, 2.05) is 30.3 Å². The van der Waals surface area contributed by atoms with Crippen LogP contribution >= 0.6 is 0 Å². The quantitative estimate of drug-likeness (QED) is 0.254. The Labute approximate surface area is 218 Å². The Bertz CT molecular complexity index is 1320. The Kier molecular flexibility index (Phi) is 8.49. The highest BCUT2D eigenvalue weighted by molar-refractivity contribution is 5.87. The minimum absolute atomic E-state index is 0.00259. The molecule has 0 aliphatic heterocycles. The third kappa shape index (κ3) is 6.50. The molecule has 6 heteroatoms. The van der Waals surface area contributed by atoms with Gasteiger partial charge in [-0.3, -0.25) is 4.79 Å². The second-order valence-electron chi connectivity index (χ2n) is 9.79. The summed E-state index contributed by atoms with van der Waals surface area (Å²) in [5.74, 6) is 1.40. The molecule has 1 amide bonds. The van der Waals surface area contributed by atoms with Gasteiger partial charge in [0.15, 0.2) is 0 Å². The normalized spacial score (nSPS) is 12.1. The first-order valence-electron chi connectivity index (χ1n) is 12.7. The van der Waals surface area contributed by atoms with Gasteiger partial charge in [0, 0.05) is 48.6 Å². The third-order valence-electron chi connectivity index (χ3n) is 6.67. The number of carbonyl (C=O) groups is 1. The highest BCUT2D eigenvalue weighted by Crippen LogP contribution is 2.38. The van der Waals surface area contributed by atoms with Gasteiger partial charge < -0.3 is 19.4 Å². The lowest BCUT2D eigenvalue weighted by molar-refractivity contribution is -0.121. The smallest absolute Gasteiger partial charge is 0.220 e. The zero-order chi connectivity index (χ0) is 26.4. The van der Waals surface area contributed by atoms with Gasteiger partial charge in [0.1, 0.15) is 17.3 Å². The van der Waals surface area contributed by atoms with E-state index in [0.717, 1.165) is 34.0 Å². The molecule has 1 N–H and O–H groups in total. The number of methoxy groups -OCH3 is 2. The average molecular weight is 503 g/mol. The molecule has 0 saturated heterocycles. The average Bonchev–Trinajstić information content (AvgIpc) is 3.26. The predicted octanol–water partition coefficient (Wildman–Crippen LogP) is 6.53. The first kappa shape index (κ1) is 26.3. The molecule has 4 aromatic rings. The van der Waals surface area contributed by atoms with E-state index in [4.69, 9.17) is 9.47 Å². The highest BCUT2D eigenvalue weighted by atomic mass is 19.1. The molecule has 5 nitrogen and oxygen atoms in total. The molecule has 0 spiro atoms. The molecule has 0 bridgehead atoms. The van der Waals surface area contributed by atoms with Crippen molar-refractivity contribution in [2.24, 2.45) is 5.92 Å². The fourth-order valence-corrected chi connectivity index (χ4v) is 4.67. The largest absolute Gasteiger partial charge is 0.497 e. The van der Waals surface area contributed by atoms with Crippen LogP contribution in [-0.4, -0.2) is 31.2 Å². The lowest BCUT2D eigenvalue weighted by Gasteiger charge is -2.19. The molecule has 0 radical (unpaired) electrons. The lowest BCUT2D eigenvalue weighted by Crippen LogP contribution is -2.27. The molecule has 37 heavy (non-hydrogen) atoms. The molecule has 4 rings (SSSR count). The van der Waals surface area contributed by atoms with Gasteiger partial charge in [0.2, 0.25) is 5.91 Å². The predicted molar refractivity (Wildman–Crippen MR) is 146 cm³/mol. The number of amides is 1. The summed E-state index contributed by atoms with van der Waals surface area (Å²) in [7, 11) is 3.25. The van der Waals surface area contributed by atoms with E-state index in [1.165, 1.54) is 12.1 Å². The van der Waals surface area contributed by atoms with Gasteiger partial charge in [0.25, 0.3) is 0 Å². The van der Waals surface area contributed by atoms with Crippen LogP contribution in [0.5, 0.6) is 11.5 Å². The van der Waals surface area contributed by atoms with E-state index in [9.17, 15) is 9.18 Å². The van der Waals surface area contributed by atoms with Gasteiger partial charge in [-0.1, -0.05) is 44.2 Å². The van der Waals surface area contributed by atoms with Crippen molar-refractivity contribution in [3.63, 3.8) is 0 Å². The van der Waals surface area contributed by atoms with Crippen molar-refractivity contribution < 1.29 is 18.7 Å². The molecule has 0 fully saturated rings. The van der Waals surface area contributed by atoms with Gasteiger partial charge in [-0.05, 0) is 59.4 Å². The molecular formula is C31H35FN2O3. The Balaban J connectivity index is 1.77. The number of ether oxygens (including phenoxy) is 2. The van der Waals surface area contributed by atoms with Crippen LogP contribution in [0.25, 0.3) is 10.9 Å². The number of para-hydroxylation sites is 1. The number of rotatable bonds is 11. The number of benzene rings is 3. The summed E-state index contributed by atoms with van der Waals surface area (Å²) in [6, 6.07) is 20.5. The molecule has 3 aromatic carbocycles. The minimum Gasteiger partial charge on any atom is -0.497 e. The number of nitrogens with zero attached hydrogens (tertiary/aromatic N) is 1. The fourth-order valence-electron chi connectivity index (χ4n) is 4.67. The zero-order valence-corrected chi connectivity index (χ0v) is 22.0. The second kappa shape index (κ2) is 12.0. The number of fused-ring (bicyclic) bond motifs is 1. The summed E-state index contributed by atoms with van der Waals surface area (Å²) in [6.07, 6.45) is 3.34. The van der Waals surface area contributed by atoms with E-state index in [2.05, 4.69) is 42.1 Å². The highest BCUT2D eigenvalue weighted by Gasteiger charge is 2.24. The molecule has 1 heterocycles. The molecule has 0 aliphatic rings. The minimum atomic E-state index is -0.252. The third-order valence-corrected chi connectivity index (χ3v) is 6.67. The number of nitrogens with one attached hydrogen (secondary N) is 1. The van der Waals surface area contributed by atoms with Gasteiger partial charge in [-0.2, -0.15) is 0 Å². The van der Waals surface area contributed by atoms with Crippen molar-refractivity contribution in [1.82, 2.24) is 9.88 Å². The Morgan fingerprint density at radius 2 is 1.65 bits per heavy atom. The van der Waals surface area contributed by atoms with Crippen molar-refractivity contribution in [3.05, 3.63) is 95.4 Å². The maximum absolute atomic E-state index is 13.5. The van der Waals surface area contributed by atoms with Crippen LogP contribution < -0.4 is 14.8 Å². The zero-order valence-electron chi connectivity index (χ0n) is 22.0. The summed E-state index contributed by atoms with van der Waals surface area (Å²) in [5.41, 5.74) is 4.05. The van der Waals surface area contributed by atoms with Gasteiger partial charge in [0.05, 0.1) is 14.2 Å². The van der Waals surface area contributed by atoms with Crippen LogP contribution in [0.4, 0.5) is 4.39 Å². The first-order chi connectivity index (χ1) is 17.9. The van der Waals surface area contributed by atoms with E-state index in [1.54, 1.807) is 26.4 Å². The number of hydrogen-bond donors (Lipinski definition) is 1. The Morgan fingerprint density at radius 3 is 2.30 bits per heavy atom. The molecule has 1 atom stereocenters. The summed E-state index contributed by atoms with van der Waals surface area (Å²) < 4.78 is 26.7. The maximum Gasteiger partial charge on any atom is 0.220 e. The Morgan fingerprint density at radius 1 is 0.973 bits per heavy atom. The molecule has 0 unspecified atom stereocenters. The van der Waals surface area contributed by atoms with E-state index in [0.29, 0.717) is 36.9 Å². The number of halogens is 1. The van der Waals surface area contributed by atoms with Crippen molar-refractivity contribution in [1.29, 1.82) is 0 Å². The number of aromatic nitrogens is 1. The van der Waals surface area contributed by atoms with E-state index in [-0.39, 0.29) is 17.6 Å². The summed E-state index contributed by atoms with van der Waals surface area (Å²) in [4.78, 5) is 13.1. The Hall–Kier alpha value is -3.80. The summed E-state index contributed by atoms with van der Waals surface area (Å²) >= 11 is 0. The van der Waals surface area contributed by atoms with E-state index >= 15 is 0 Å². The van der Waals surface area contributed by atoms with Gasteiger partial charge in [-0.15, -0.1) is 0 Å². The summed E-state index contributed by atoms with van der Waals surface area (Å²) in [5, 5.41) is 4.17. The van der Waals surface area contributed by atoms with Crippen LogP contribution in [0.1, 0.15) is 49.3 Å². The molecule has 0 saturated carbocycles. The van der Waals surface area contributed by atoms with Crippen LogP contribution in [0.2, 0.25) is 0 Å². The molecule has 1 aromatic heterocycles. The maximum atomic E-state index is 13.5. The van der Waals surface area contributed by atoms with Gasteiger partial charge >= 0.3 is 0 Å². The SMILES string of the molecule is COc1cc(OC)cc([C@@H](CC(=O)NCCC(C)C)c2cn(Cc3ccc(F)cc3)c3ccccc23)c1. The van der Waals surface area contributed by atoms with Crippen molar-refractivity contribution >= 4 is 16.8 Å². The first-order valence-corrected chi connectivity index (χ1v) is 12.7. The topological polar surface area (TPSA) is 52.5 Å². The monoisotopic (exact) mass is 502 g/mol. The molecule has 194 valence electrons. The van der Waals surface area contributed by atoms with Crippen molar-refractivity contribution in [3.8, 4) is 11.5 Å². The van der Waals surface area contributed by atoms with Crippen LogP contribution in [0.3, 0.4) is 0 Å².